The Morgan fingerprint density at radius 2 is 2.23 bits per heavy atom. The molecule has 1 N–H and O–H groups in total. The number of hydrogen-bond donors (Lipinski definition) is 1. The van der Waals surface area contributed by atoms with Crippen LogP contribution in [0.1, 0.15) is 37.0 Å². The van der Waals surface area contributed by atoms with Gasteiger partial charge in [-0.2, -0.15) is 0 Å². The maximum Gasteiger partial charge on any atom is 0.137 e. The lowest BCUT2D eigenvalue weighted by atomic mass is 9.90. The van der Waals surface area contributed by atoms with Crippen molar-refractivity contribution in [3.63, 3.8) is 0 Å². The van der Waals surface area contributed by atoms with Gasteiger partial charge >= 0.3 is 0 Å². The Bertz CT molecular complexity index is 556. The Hall–Kier alpha value is -1.59. The highest BCUT2D eigenvalue weighted by Crippen LogP contribution is 2.29. The number of nitrogens with zero attached hydrogens (tertiary/aromatic N) is 3. The number of hydrogen-bond acceptors (Lipinski definition) is 4. The van der Waals surface area contributed by atoms with Crippen molar-refractivity contribution in [3.8, 4) is 0 Å². The van der Waals surface area contributed by atoms with Crippen LogP contribution in [0.15, 0.2) is 35.2 Å². The van der Waals surface area contributed by atoms with Gasteiger partial charge in [0.2, 0.25) is 0 Å². The molecule has 1 aliphatic rings. The Labute approximate surface area is 131 Å². The Kier molecular flexibility index (Phi) is 4.95. The summed E-state index contributed by atoms with van der Waals surface area (Å²) in [6.07, 6.45) is 9.14. The molecular formula is C17H25N3O2. The fourth-order valence-corrected chi connectivity index (χ4v) is 3.30. The summed E-state index contributed by atoms with van der Waals surface area (Å²) in [6, 6.07) is 3.98. The van der Waals surface area contributed by atoms with Crippen molar-refractivity contribution in [1.82, 2.24) is 14.5 Å². The summed E-state index contributed by atoms with van der Waals surface area (Å²) in [5.41, 5.74) is 0. The van der Waals surface area contributed by atoms with E-state index in [1.165, 1.54) is 0 Å². The lowest BCUT2D eigenvalue weighted by Gasteiger charge is -2.33. The lowest BCUT2D eigenvalue weighted by molar-refractivity contribution is 0.0508. The number of imidazole rings is 1. The van der Waals surface area contributed by atoms with Gasteiger partial charge < -0.3 is 19.0 Å². The molecule has 0 aliphatic carbocycles. The average molecular weight is 303 g/mol. The van der Waals surface area contributed by atoms with Crippen LogP contribution >= 0.6 is 0 Å². The Morgan fingerprint density at radius 3 is 2.86 bits per heavy atom. The van der Waals surface area contributed by atoms with Gasteiger partial charge in [-0.25, -0.2) is 4.98 Å². The molecule has 1 fully saturated rings. The van der Waals surface area contributed by atoms with Gasteiger partial charge in [0.1, 0.15) is 17.7 Å². The van der Waals surface area contributed by atoms with Crippen LogP contribution in [0.4, 0.5) is 0 Å². The second-order valence-electron chi connectivity index (χ2n) is 6.20. The standard InChI is InChI=1S/C17H25N3O2/c1-19-12-8-18-17(19)16(21)14-6-10-20(11-7-14)9-2-4-15-5-3-13-22-15/h3,5,8,12-14,16,21H,2,4,6-7,9-11H2,1H3/t16-/m0/s1. The van der Waals surface area contributed by atoms with Crippen LogP contribution in [-0.4, -0.2) is 39.2 Å². The molecule has 0 bridgehead atoms. The van der Waals surface area contributed by atoms with Crippen LogP contribution in [0.25, 0.3) is 0 Å². The number of rotatable bonds is 6. The quantitative estimate of drug-likeness (QED) is 0.890. The van der Waals surface area contributed by atoms with Crippen LogP contribution in [0.2, 0.25) is 0 Å². The zero-order chi connectivity index (χ0) is 15.4. The van der Waals surface area contributed by atoms with Crippen molar-refractivity contribution >= 4 is 0 Å². The minimum absolute atomic E-state index is 0.322. The predicted molar refractivity (Wildman–Crippen MR) is 84.4 cm³/mol. The molecule has 3 rings (SSSR count). The summed E-state index contributed by atoms with van der Waals surface area (Å²) in [7, 11) is 1.94. The molecule has 0 unspecified atom stereocenters. The van der Waals surface area contributed by atoms with Crippen LogP contribution < -0.4 is 0 Å². The van der Waals surface area contributed by atoms with E-state index in [4.69, 9.17) is 4.42 Å². The summed E-state index contributed by atoms with van der Waals surface area (Å²) in [5, 5.41) is 10.5. The van der Waals surface area contributed by atoms with Crippen LogP contribution in [0.5, 0.6) is 0 Å². The molecule has 2 aromatic rings. The van der Waals surface area contributed by atoms with E-state index in [-0.39, 0.29) is 0 Å². The molecule has 5 heteroatoms. The van der Waals surface area contributed by atoms with Gasteiger partial charge in [0.05, 0.1) is 6.26 Å². The third-order valence-electron chi connectivity index (χ3n) is 4.68. The molecular weight excluding hydrogens is 278 g/mol. The number of aliphatic hydroxyl groups is 1. The second kappa shape index (κ2) is 7.11. The minimum atomic E-state index is -0.440. The maximum absolute atomic E-state index is 10.5. The largest absolute Gasteiger partial charge is 0.469 e. The SMILES string of the molecule is Cn1ccnc1[C@@H](O)C1CCN(CCCc2ccco2)CC1. The molecule has 0 spiro atoms. The minimum Gasteiger partial charge on any atom is -0.469 e. The first-order valence-electron chi connectivity index (χ1n) is 8.14. The van der Waals surface area contributed by atoms with E-state index in [0.29, 0.717) is 5.92 Å². The normalized spacial score (nSPS) is 18.6. The van der Waals surface area contributed by atoms with Crippen molar-refractivity contribution in [3.05, 3.63) is 42.4 Å². The first-order chi connectivity index (χ1) is 10.7. The molecule has 0 aromatic carbocycles. The van der Waals surface area contributed by atoms with Gasteiger partial charge in [0.15, 0.2) is 0 Å². The van der Waals surface area contributed by atoms with Gasteiger partial charge in [-0.05, 0) is 56.9 Å². The molecule has 0 radical (unpaired) electrons. The lowest BCUT2D eigenvalue weighted by Crippen LogP contribution is -2.36. The molecule has 120 valence electrons. The summed E-state index contributed by atoms with van der Waals surface area (Å²) < 4.78 is 7.28. The number of likely N-dealkylation sites (tertiary alicyclic amines) is 1. The molecule has 1 saturated heterocycles. The summed E-state index contributed by atoms with van der Waals surface area (Å²) >= 11 is 0. The fourth-order valence-electron chi connectivity index (χ4n) is 3.30. The molecule has 1 atom stereocenters. The van der Waals surface area contributed by atoms with Crippen molar-refractivity contribution in [2.75, 3.05) is 19.6 Å². The van der Waals surface area contributed by atoms with E-state index in [0.717, 1.165) is 56.9 Å². The van der Waals surface area contributed by atoms with E-state index in [2.05, 4.69) is 9.88 Å². The molecule has 0 saturated carbocycles. The smallest absolute Gasteiger partial charge is 0.137 e. The van der Waals surface area contributed by atoms with Crippen molar-refractivity contribution in [2.45, 2.75) is 31.8 Å². The third kappa shape index (κ3) is 3.59. The molecule has 22 heavy (non-hydrogen) atoms. The summed E-state index contributed by atoms with van der Waals surface area (Å²) in [4.78, 5) is 6.77. The maximum atomic E-state index is 10.5. The van der Waals surface area contributed by atoms with E-state index in [1.807, 2.05) is 29.9 Å². The van der Waals surface area contributed by atoms with E-state index in [9.17, 15) is 5.11 Å². The van der Waals surface area contributed by atoms with Gasteiger partial charge in [-0.1, -0.05) is 0 Å². The highest BCUT2D eigenvalue weighted by atomic mass is 16.3. The van der Waals surface area contributed by atoms with E-state index in [1.54, 1.807) is 12.5 Å². The van der Waals surface area contributed by atoms with Crippen molar-refractivity contribution in [2.24, 2.45) is 13.0 Å². The zero-order valence-corrected chi connectivity index (χ0v) is 13.2. The van der Waals surface area contributed by atoms with Gasteiger partial charge in [0.25, 0.3) is 0 Å². The Balaban J connectivity index is 1.41. The molecule has 5 nitrogen and oxygen atoms in total. The monoisotopic (exact) mass is 303 g/mol. The topological polar surface area (TPSA) is 54.4 Å². The van der Waals surface area contributed by atoms with E-state index < -0.39 is 6.10 Å². The number of aryl methyl sites for hydroxylation is 2. The highest BCUT2D eigenvalue weighted by Gasteiger charge is 2.28. The zero-order valence-electron chi connectivity index (χ0n) is 13.2. The molecule has 0 amide bonds. The number of furan rings is 1. The predicted octanol–water partition coefficient (Wildman–Crippen LogP) is 2.39. The number of aliphatic hydroxyl groups excluding tert-OH is 1. The second-order valence-corrected chi connectivity index (χ2v) is 6.20. The van der Waals surface area contributed by atoms with Crippen molar-refractivity contribution in [1.29, 1.82) is 0 Å². The number of aromatic nitrogens is 2. The first kappa shape index (κ1) is 15.3. The van der Waals surface area contributed by atoms with Crippen LogP contribution in [0.3, 0.4) is 0 Å². The third-order valence-corrected chi connectivity index (χ3v) is 4.68. The molecule has 1 aliphatic heterocycles. The Morgan fingerprint density at radius 1 is 1.41 bits per heavy atom. The van der Waals surface area contributed by atoms with Gasteiger partial charge in [0, 0.05) is 25.9 Å². The van der Waals surface area contributed by atoms with Crippen LogP contribution in [0, 0.1) is 5.92 Å². The average Bonchev–Trinajstić information content (AvgIpc) is 3.19. The van der Waals surface area contributed by atoms with Gasteiger partial charge in [-0.15, -0.1) is 0 Å². The van der Waals surface area contributed by atoms with Crippen molar-refractivity contribution < 1.29 is 9.52 Å². The highest BCUT2D eigenvalue weighted by molar-refractivity contribution is 4.99. The van der Waals surface area contributed by atoms with E-state index >= 15 is 0 Å². The summed E-state index contributed by atoms with van der Waals surface area (Å²) in [6.45, 7) is 3.22. The first-order valence-corrected chi connectivity index (χ1v) is 8.14. The number of piperidine rings is 1. The van der Waals surface area contributed by atoms with Crippen LogP contribution in [-0.2, 0) is 13.5 Å². The molecule has 3 heterocycles. The van der Waals surface area contributed by atoms with Gasteiger partial charge in [-0.3, -0.25) is 0 Å². The summed E-state index contributed by atoms with van der Waals surface area (Å²) in [5.74, 6) is 2.18. The molecule has 2 aromatic heterocycles. The fraction of sp³-hybridized carbons (Fsp3) is 0.588.